The summed E-state index contributed by atoms with van der Waals surface area (Å²) in [7, 11) is 3.88. The third-order valence-electron chi connectivity index (χ3n) is 2.40. The topological polar surface area (TPSA) is 58.1 Å². The van der Waals surface area contributed by atoms with Gasteiger partial charge in [0.1, 0.15) is 0 Å². The van der Waals surface area contributed by atoms with Crippen molar-refractivity contribution in [2.45, 2.75) is 13.0 Å². The molecule has 1 aromatic heterocycles. The first-order valence-corrected chi connectivity index (χ1v) is 5.80. The zero-order valence-electron chi connectivity index (χ0n) is 9.87. The van der Waals surface area contributed by atoms with Crippen molar-refractivity contribution in [1.29, 1.82) is 0 Å². The van der Waals surface area contributed by atoms with Crippen LogP contribution in [0.15, 0.2) is 6.07 Å². The Hall–Kier alpha value is -0.910. The number of carbonyl (C=O) groups is 1. The minimum absolute atomic E-state index is 0.0457. The first kappa shape index (κ1) is 14.2. The minimum atomic E-state index is -0.305. The lowest BCUT2D eigenvalue weighted by atomic mass is 10.2. The van der Waals surface area contributed by atoms with E-state index in [2.05, 4.69) is 15.5 Å². The van der Waals surface area contributed by atoms with Gasteiger partial charge in [-0.2, -0.15) is 0 Å². The number of likely N-dealkylation sites (N-methyl/N-ethyl adjacent to an activating group) is 1. The SMILES string of the molecule is CC(CNC(=O)c1cc(Cl)nnc1Cl)N(C)C. The molecular weight excluding hydrogens is 263 g/mol. The molecule has 5 nitrogen and oxygen atoms in total. The van der Waals surface area contributed by atoms with Gasteiger partial charge in [0.15, 0.2) is 10.3 Å². The predicted octanol–water partition coefficient (Wildman–Crippen LogP) is 1.46. The monoisotopic (exact) mass is 276 g/mol. The van der Waals surface area contributed by atoms with E-state index in [1.165, 1.54) is 6.07 Å². The molecule has 0 radical (unpaired) electrons. The van der Waals surface area contributed by atoms with Gasteiger partial charge in [0.2, 0.25) is 0 Å². The molecule has 7 heteroatoms. The first-order valence-electron chi connectivity index (χ1n) is 5.05. The molecule has 0 bridgehead atoms. The van der Waals surface area contributed by atoms with Crippen molar-refractivity contribution in [3.8, 4) is 0 Å². The van der Waals surface area contributed by atoms with Crippen LogP contribution in [0.2, 0.25) is 10.3 Å². The lowest BCUT2D eigenvalue weighted by molar-refractivity contribution is 0.0943. The number of halogens is 2. The Bertz CT molecular complexity index is 411. The van der Waals surface area contributed by atoms with Crippen molar-refractivity contribution in [3.63, 3.8) is 0 Å². The number of hydrogen-bond acceptors (Lipinski definition) is 4. The Kier molecular flexibility index (Phi) is 5.11. The summed E-state index contributed by atoms with van der Waals surface area (Å²) < 4.78 is 0. The molecular formula is C10H14Cl2N4O. The Morgan fingerprint density at radius 3 is 2.71 bits per heavy atom. The van der Waals surface area contributed by atoms with Gasteiger partial charge < -0.3 is 10.2 Å². The number of aromatic nitrogens is 2. The Balaban J connectivity index is 2.67. The van der Waals surface area contributed by atoms with Gasteiger partial charge in [-0.3, -0.25) is 4.79 Å². The number of nitrogens with one attached hydrogen (secondary N) is 1. The van der Waals surface area contributed by atoms with Gasteiger partial charge >= 0.3 is 0 Å². The Labute approximate surface area is 110 Å². The summed E-state index contributed by atoms with van der Waals surface area (Å²) in [6, 6.07) is 1.62. The van der Waals surface area contributed by atoms with Crippen LogP contribution >= 0.6 is 23.2 Å². The number of amides is 1. The Morgan fingerprint density at radius 1 is 1.47 bits per heavy atom. The fourth-order valence-corrected chi connectivity index (χ4v) is 1.36. The van der Waals surface area contributed by atoms with Gasteiger partial charge in [0, 0.05) is 12.6 Å². The molecule has 1 unspecified atom stereocenters. The van der Waals surface area contributed by atoms with Crippen molar-refractivity contribution < 1.29 is 4.79 Å². The van der Waals surface area contributed by atoms with Crippen molar-refractivity contribution in [1.82, 2.24) is 20.4 Å². The summed E-state index contributed by atoms with van der Waals surface area (Å²) >= 11 is 11.4. The van der Waals surface area contributed by atoms with Crippen LogP contribution < -0.4 is 5.32 Å². The van der Waals surface area contributed by atoms with Gasteiger partial charge in [-0.25, -0.2) is 0 Å². The van der Waals surface area contributed by atoms with Gasteiger partial charge in [-0.1, -0.05) is 23.2 Å². The van der Waals surface area contributed by atoms with Crippen LogP contribution in [0, 0.1) is 0 Å². The van der Waals surface area contributed by atoms with Gasteiger partial charge in [0.25, 0.3) is 5.91 Å². The standard InChI is InChI=1S/C10H14Cl2N4O/c1-6(16(2)3)5-13-10(17)7-4-8(11)14-15-9(7)12/h4,6H,5H2,1-3H3,(H,13,17). The summed E-state index contributed by atoms with van der Waals surface area (Å²) in [5.41, 5.74) is 0.234. The highest BCUT2D eigenvalue weighted by Crippen LogP contribution is 2.14. The molecule has 1 rings (SSSR count). The second-order valence-electron chi connectivity index (χ2n) is 3.89. The molecule has 1 amide bonds. The second kappa shape index (κ2) is 6.14. The fraction of sp³-hybridized carbons (Fsp3) is 0.500. The van der Waals surface area contributed by atoms with Crippen LogP contribution in [-0.4, -0.2) is 47.7 Å². The molecule has 0 fully saturated rings. The van der Waals surface area contributed by atoms with E-state index < -0.39 is 0 Å². The molecule has 1 heterocycles. The van der Waals surface area contributed by atoms with Crippen molar-refractivity contribution in [3.05, 3.63) is 21.9 Å². The molecule has 0 aliphatic carbocycles. The van der Waals surface area contributed by atoms with E-state index in [9.17, 15) is 4.79 Å². The van der Waals surface area contributed by atoms with Crippen molar-refractivity contribution in [2.24, 2.45) is 0 Å². The number of nitrogens with zero attached hydrogens (tertiary/aromatic N) is 3. The fourth-order valence-electron chi connectivity index (χ4n) is 1.03. The summed E-state index contributed by atoms with van der Waals surface area (Å²) in [5, 5.41) is 10.1. The third kappa shape index (κ3) is 4.11. The smallest absolute Gasteiger partial charge is 0.254 e. The number of rotatable bonds is 4. The summed E-state index contributed by atoms with van der Waals surface area (Å²) in [4.78, 5) is 13.8. The lowest BCUT2D eigenvalue weighted by Crippen LogP contribution is -2.38. The molecule has 0 aliphatic heterocycles. The Morgan fingerprint density at radius 2 is 2.12 bits per heavy atom. The number of carbonyl (C=O) groups excluding carboxylic acids is 1. The summed E-state index contributed by atoms with van der Waals surface area (Å²) in [6.45, 7) is 2.52. The van der Waals surface area contributed by atoms with E-state index in [0.717, 1.165) is 0 Å². The predicted molar refractivity (Wildman–Crippen MR) is 67.5 cm³/mol. The minimum Gasteiger partial charge on any atom is -0.350 e. The van der Waals surface area contributed by atoms with E-state index in [1.54, 1.807) is 0 Å². The molecule has 1 atom stereocenters. The quantitative estimate of drug-likeness (QED) is 0.905. The van der Waals surface area contributed by atoms with Crippen LogP contribution in [-0.2, 0) is 0 Å². The average Bonchev–Trinajstić information content (AvgIpc) is 2.28. The largest absolute Gasteiger partial charge is 0.350 e. The maximum Gasteiger partial charge on any atom is 0.254 e. The molecule has 0 aromatic carbocycles. The van der Waals surface area contributed by atoms with Crippen LogP contribution in [0.3, 0.4) is 0 Å². The molecule has 0 spiro atoms. The van der Waals surface area contributed by atoms with E-state index in [1.807, 2.05) is 25.9 Å². The molecule has 17 heavy (non-hydrogen) atoms. The maximum absolute atomic E-state index is 11.8. The van der Waals surface area contributed by atoms with Gasteiger partial charge in [-0.15, -0.1) is 10.2 Å². The highest BCUT2D eigenvalue weighted by molar-refractivity contribution is 6.34. The highest BCUT2D eigenvalue weighted by atomic mass is 35.5. The molecule has 1 N–H and O–H groups in total. The zero-order valence-corrected chi connectivity index (χ0v) is 11.4. The molecule has 1 aromatic rings. The first-order chi connectivity index (χ1) is 7.91. The highest BCUT2D eigenvalue weighted by Gasteiger charge is 2.14. The van der Waals surface area contributed by atoms with Gasteiger partial charge in [0.05, 0.1) is 5.56 Å². The van der Waals surface area contributed by atoms with Crippen LogP contribution in [0.4, 0.5) is 0 Å². The van der Waals surface area contributed by atoms with E-state index >= 15 is 0 Å². The molecule has 0 aliphatic rings. The van der Waals surface area contributed by atoms with Gasteiger partial charge in [-0.05, 0) is 27.1 Å². The molecule has 94 valence electrons. The normalized spacial score (nSPS) is 12.6. The van der Waals surface area contributed by atoms with E-state index in [-0.39, 0.29) is 27.8 Å². The van der Waals surface area contributed by atoms with Crippen LogP contribution in [0.5, 0.6) is 0 Å². The summed E-state index contributed by atoms with van der Waals surface area (Å²) in [6.07, 6.45) is 0. The van der Waals surface area contributed by atoms with Crippen molar-refractivity contribution in [2.75, 3.05) is 20.6 Å². The zero-order chi connectivity index (χ0) is 13.0. The van der Waals surface area contributed by atoms with E-state index in [0.29, 0.717) is 6.54 Å². The maximum atomic E-state index is 11.8. The van der Waals surface area contributed by atoms with Crippen molar-refractivity contribution >= 4 is 29.1 Å². The summed E-state index contributed by atoms with van der Waals surface area (Å²) in [5.74, 6) is -0.305. The molecule has 0 saturated heterocycles. The lowest BCUT2D eigenvalue weighted by Gasteiger charge is -2.19. The van der Waals surface area contributed by atoms with E-state index in [4.69, 9.17) is 23.2 Å². The molecule has 0 saturated carbocycles. The second-order valence-corrected chi connectivity index (χ2v) is 4.64. The third-order valence-corrected chi connectivity index (χ3v) is 2.87. The average molecular weight is 277 g/mol. The van der Waals surface area contributed by atoms with Crippen LogP contribution in [0.1, 0.15) is 17.3 Å². The number of hydrogen-bond donors (Lipinski definition) is 1. The van der Waals surface area contributed by atoms with Crippen LogP contribution in [0.25, 0.3) is 0 Å².